The summed E-state index contributed by atoms with van der Waals surface area (Å²) >= 11 is 2.99. The second-order valence-corrected chi connectivity index (χ2v) is 4.90. The van der Waals surface area contributed by atoms with Gasteiger partial charge in [-0.1, -0.05) is 15.9 Å². The van der Waals surface area contributed by atoms with Gasteiger partial charge in [-0.2, -0.15) is 0 Å². The van der Waals surface area contributed by atoms with Crippen molar-refractivity contribution in [1.82, 2.24) is 10.0 Å². The first-order valence-electron chi connectivity index (χ1n) is 3.73. The molecule has 0 radical (unpaired) electrons. The third kappa shape index (κ3) is 9.78. The van der Waals surface area contributed by atoms with E-state index in [9.17, 15) is 13.2 Å². The molecule has 0 atom stereocenters. The molecule has 13 heavy (non-hydrogen) atoms. The van der Waals surface area contributed by atoms with Crippen LogP contribution in [0.4, 0.5) is 0 Å². The monoisotopic (exact) mass is 272 g/mol. The second-order valence-electron chi connectivity index (χ2n) is 2.50. The summed E-state index contributed by atoms with van der Waals surface area (Å²) in [4.78, 5) is 10.7. The highest BCUT2D eigenvalue weighted by Crippen LogP contribution is 1.81. The van der Waals surface area contributed by atoms with Crippen LogP contribution in [0.1, 0.15) is 6.42 Å². The van der Waals surface area contributed by atoms with Crippen LogP contribution < -0.4 is 10.0 Å². The SMILES string of the molecule is CS(=O)(=O)NCCCNC(=O)CBr. The van der Waals surface area contributed by atoms with Crippen LogP contribution in [-0.2, 0) is 14.8 Å². The molecule has 5 nitrogen and oxygen atoms in total. The zero-order valence-electron chi connectivity index (χ0n) is 7.34. The molecule has 0 spiro atoms. The van der Waals surface area contributed by atoms with E-state index in [1.807, 2.05) is 0 Å². The molecule has 0 aromatic rings. The second kappa shape index (κ2) is 6.33. The molecule has 2 N–H and O–H groups in total. The summed E-state index contributed by atoms with van der Waals surface area (Å²) in [5.41, 5.74) is 0. The van der Waals surface area contributed by atoms with E-state index in [1.54, 1.807) is 0 Å². The summed E-state index contributed by atoms with van der Waals surface area (Å²) in [7, 11) is -3.10. The highest BCUT2D eigenvalue weighted by molar-refractivity contribution is 9.09. The summed E-state index contributed by atoms with van der Waals surface area (Å²) in [5, 5.41) is 2.87. The van der Waals surface area contributed by atoms with Crippen molar-refractivity contribution in [2.24, 2.45) is 0 Å². The van der Waals surface area contributed by atoms with Gasteiger partial charge in [0.15, 0.2) is 0 Å². The largest absolute Gasteiger partial charge is 0.355 e. The van der Waals surface area contributed by atoms with E-state index in [-0.39, 0.29) is 11.2 Å². The van der Waals surface area contributed by atoms with E-state index in [4.69, 9.17) is 0 Å². The van der Waals surface area contributed by atoms with Crippen LogP contribution in [0, 0.1) is 0 Å². The lowest BCUT2D eigenvalue weighted by Crippen LogP contribution is -2.29. The van der Waals surface area contributed by atoms with Crippen molar-refractivity contribution in [3.05, 3.63) is 0 Å². The Morgan fingerprint density at radius 2 is 2.00 bits per heavy atom. The van der Waals surface area contributed by atoms with Gasteiger partial charge in [-0.05, 0) is 6.42 Å². The fourth-order valence-electron chi connectivity index (χ4n) is 0.621. The van der Waals surface area contributed by atoms with Gasteiger partial charge in [-0.25, -0.2) is 13.1 Å². The molecule has 0 aliphatic heterocycles. The van der Waals surface area contributed by atoms with E-state index in [0.29, 0.717) is 19.5 Å². The Labute approximate surface area is 86.5 Å². The van der Waals surface area contributed by atoms with Gasteiger partial charge in [0.25, 0.3) is 0 Å². The number of carbonyl (C=O) groups excluding carboxylic acids is 1. The van der Waals surface area contributed by atoms with Crippen molar-refractivity contribution < 1.29 is 13.2 Å². The number of halogens is 1. The molecule has 78 valence electrons. The molecule has 1 amide bonds. The number of sulfonamides is 1. The van der Waals surface area contributed by atoms with Gasteiger partial charge in [0.05, 0.1) is 11.6 Å². The predicted octanol–water partition coefficient (Wildman–Crippen LogP) is -0.563. The maximum absolute atomic E-state index is 10.7. The van der Waals surface area contributed by atoms with Gasteiger partial charge in [-0.3, -0.25) is 4.79 Å². The Balaban J connectivity index is 3.33. The molecule has 7 heteroatoms. The Morgan fingerprint density at radius 3 is 2.46 bits per heavy atom. The van der Waals surface area contributed by atoms with E-state index >= 15 is 0 Å². The average molecular weight is 273 g/mol. The Morgan fingerprint density at radius 1 is 1.38 bits per heavy atom. The number of rotatable bonds is 6. The number of alkyl halides is 1. The summed E-state index contributed by atoms with van der Waals surface area (Å²) in [6.45, 7) is 0.828. The highest BCUT2D eigenvalue weighted by Gasteiger charge is 1.99. The highest BCUT2D eigenvalue weighted by atomic mass is 79.9. The third-order valence-electron chi connectivity index (χ3n) is 1.16. The standard InChI is InChI=1S/C6H13BrN2O3S/c1-13(11,12)9-4-2-3-8-6(10)5-7/h9H,2-5H2,1H3,(H,8,10). The van der Waals surface area contributed by atoms with Crippen LogP contribution in [-0.4, -0.2) is 39.0 Å². The summed E-state index contributed by atoms with van der Waals surface area (Å²) < 4.78 is 23.5. The zero-order chi connectivity index (χ0) is 10.3. The number of amides is 1. The van der Waals surface area contributed by atoms with Crippen LogP contribution in [0.2, 0.25) is 0 Å². The van der Waals surface area contributed by atoms with Crippen LogP contribution in [0.3, 0.4) is 0 Å². The number of hydrogen-bond donors (Lipinski definition) is 2. The topological polar surface area (TPSA) is 75.3 Å². The lowest BCUT2D eigenvalue weighted by Gasteiger charge is -2.03. The molecular weight excluding hydrogens is 260 g/mol. The van der Waals surface area contributed by atoms with E-state index in [1.165, 1.54) is 0 Å². The summed E-state index contributed by atoms with van der Waals surface area (Å²) in [6.07, 6.45) is 1.69. The fraction of sp³-hybridized carbons (Fsp3) is 0.833. The van der Waals surface area contributed by atoms with Gasteiger partial charge in [0.2, 0.25) is 15.9 Å². The van der Waals surface area contributed by atoms with Gasteiger partial charge >= 0.3 is 0 Å². The minimum atomic E-state index is -3.10. The van der Waals surface area contributed by atoms with Crippen molar-refractivity contribution >= 4 is 31.9 Å². The van der Waals surface area contributed by atoms with Gasteiger partial charge in [0, 0.05) is 13.1 Å². The Kier molecular flexibility index (Phi) is 6.27. The molecule has 0 aromatic carbocycles. The third-order valence-corrected chi connectivity index (χ3v) is 2.40. The average Bonchev–Trinajstić information content (AvgIpc) is 2.01. The maximum atomic E-state index is 10.7. The molecule has 0 saturated carbocycles. The van der Waals surface area contributed by atoms with Crippen molar-refractivity contribution in [3.8, 4) is 0 Å². The van der Waals surface area contributed by atoms with Gasteiger partial charge in [-0.15, -0.1) is 0 Å². The quantitative estimate of drug-likeness (QED) is 0.503. The normalized spacial score (nSPS) is 11.2. The van der Waals surface area contributed by atoms with Crippen molar-refractivity contribution in [2.75, 3.05) is 24.7 Å². The molecule has 0 unspecified atom stereocenters. The first-order chi connectivity index (χ1) is 5.95. The number of hydrogen-bond acceptors (Lipinski definition) is 3. The molecule has 0 bridgehead atoms. The van der Waals surface area contributed by atoms with Crippen molar-refractivity contribution in [1.29, 1.82) is 0 Å². The molecule has 0 aliphatic carbocycles. The molecule has 0 aromatic heterocycles. The minimum Gasteiger partial charge on any atom is -0.355 e. The van der Waals surface area contributed by atoms with E-state index in [2.05, 4.69) is 26.0 Å². The van der Waals surface area contributed by atoms with Crippen LogP contribution in [0.25, 0.3) is 0 Å². The number of carbonyl (C=O) groups is 1. The van der Waals surface area contributed by atoms with Crippen LogP contribution >= 0.6 is 15.9 Å². The first-order valence-corrected chi connectivity index (χ1v) is 6.74. The molecule has 0 fully saturated rings. The van der Waals surface area contributed by atoms with Crippen molar-refractivity contribution in [3.63, 3.8) is 0 Å². The van der Waals surface area contributed by atoms with E-state index < -0.39 is 10.0 Å². The zero-order valence-corrected chi connectivity index (χ0v) is 9.74. The van der Waals surface area contributed by atoms with E-state index in [0.717, 1.165) is 6.26 Å². The molecule has 0 saturated heterocycles. The molecule has 0 rings (SSSR count). The van der Waals surface area contributed by atoms with Crippen molar-refractivity contribution in [2.45, 2.75) is 6.42 Å². The van der Waals surface area contributed by atoms with Gasteiger partial charge < -0.3 is 5.32 Å². The minimum absolute atomic E-state index is 0.0978. The Bertz CT molecular complexity index is 253. The fourth-order valence-corrected chi connectivity index (χ4v) is 1.33. The Hall–Kier alpha value is -0.140. The van der Waals surface area contributed by atoms with Gasteiger partial charge in [0.1, 0.15) is 0 Å². The number of nitrogens with one attached hydrogen (secondary N) is 2. The molecule has 0 aliphatic rings. The van der Waals surface area contributed by atoms with Crippen LogP contribution in [0.5, 0.6) is 0 Å². The molecular formula is C6H13BrN2O3S. The summed E-state index contributed by atoms with van der Waals surface area (Å²) in [6, 6.07) is 0. The summed E-state index contributed by atoms with van der Waals surface area (Å²) in [5.74, 6) is -0.0978. The maximum Gasteiger partial charge on any atom is 0.230 e. The molecule has 0 heterocycles. The van der Waals surface area contributed by atoms with Crippen LogP contribution in [0.15, 0.2) is 0 Å². The smallest absolute Gasteiger partial charge is 0.230 e. The first kappa shape index (κ1) is 12.9. The lowest BCUT2D eigenvalue weighted by atomic mass is 10.4. The predicted molar refractivity (Wildman–Crippen MR) is 54.3 cm³/mol. The lowest BCUT2D eigenvalue weighted by molar-refractivity contribution is -0.118.